The fraction of sp³-hybridized carbons (Fsp3) is 0. The van der Waals surface area contributed by atoms with Crippen LogP contribution in [-0.2, 0) is 0 Å². The lowest BCUT2D eigenvalue weighted by molar-refractivity contribution is 0.105. The maximum Gasteiger partial charge on any atom is 0.235 e. The molecule has 0 saturated heterocycles. The molecule has 1 rings (SSSR count). The van der Waals surface area contributed by atoms with Gasteiger partial charge in [-0.2, -0.15) is 0 Å². The molecule has 0 amide bonds. The van der Waals surface area contributed by atoms with Crippen LogP contribution in [0, 0.1) is 12.3 Å². The average molecular weight is 180 g/mol. The number of terminal acetylenes is 1. The van der Waals surface area contributed by atoms with Crippen molar-refractivity contribution in [1.29, 1.82) is 0 Å². The fourth-order valence-corrected chi connectivity index (χ4v) is 0.932. The number of hydrogen-bond acceptors (Lipinski definition) is 2. The van der Waals surface area contributed by atoms with Crippen LogP contribution < -0.4 is 5.73 Å². The molecule has 1 aromatic carbocycles. The van der Waals surface area contributed by atoms with Gasteiger partial charge in [-0.05, 0) is 24.1 Å². The molecule has 1 aromatic rings. The van der Waals surface area contributed by atoms with Gasteiger partial charge >= 0.3 is 0 Å². The Morgan fingerprint density at radius 2 is 2.25 bits per heavy atom. The first-order valence-electron chi connectivity index (χ1n) is 3.21. The van der Waals surface area contributed by atoms with Crippen LogP contribution in [0.2, 0.25) is 5.02 Å². The minimum absolute atomic E-state index is 0.344. The van der Waals surface area contributed by atoms with Crippen molar-refractivity contribution in [1.82, 2.24) is 0 Å². The molecule has 0 spiro atoms. The molecule has 2 nitrogen and oxygen atoms in total. The second kappa shape index (κ2) is 3.29. The number of Topliss-reactive ketones (excluding diaryl/α,β-unsaturated/α-hetero) is 1. The van der Waals surface area contributed by atoms with E-state index in [0.29, 0.717) is 16.3 Å². The number of anilines is 1. The Morgan fingerprint density at radius 1 is 1.58 bits per heavy atom. The molecule has 0 aliphatic heterocycles. The first-order chi connectivity index (χ1) is 5.65. The molecule has 0 heterocycles. The number of halogens is 1. The van der Waals surface area contributed by atoms with Gasteiger partial charge in [-0.25, -0.2) is 0 Å². The summed E-state index contributed by atoms with van der Waals surface area (Å²) in [5.74, 6) is 1.60. The molecule has 2 N–H and O–H groups in total. The molecule has 0 aliphatic carbocycles. The van der Waals surface area contributed by atoms with Gasteiger partial charge in [0.05, 0.1) is 10.7 Å². The summed E-state index contributed by atoms with van der Waals surface area (Å²) in [5.41, 5.74) is 6.26. The zero-order chi connectivity index (χ0) is 9.14. The molecule has 0 aromatic heterocycles. The Hall–Kier alpha value is -1.46. The molecule has 3 heteroatoms. The largest absolute Gasteiger partial charge is 0.398 e. The lowest BCUT2D eigenvalue weighted by atomic mass is 10.1. The third kappa shape index (κ3) is 1.58. The van der Waals surface area contributed by atoms with Crippen LogP contribution in [0.25, 0.3) is 0 Å². The molecule has 60 valence electrons. The monoisotopic (exact) mass is 179 g/mol. The summed E-state index contributed by atoms with van der Waals surface area (Å²) in [7, 11) is 0. The van der Waals surface area contributed by atoms with Crippen molar-refractivity contribution in [2.45, 2.75) is 0 Å². The standard InChI is InChI=1S/C9H6ClNO/c1-2-9(12)6-3-4-8(11)7(10)5-6/h1,3-5H,11H2. The van der Waals surface area contributed by atoms with E-state index >= 15 is 0 Å². The minimum atomic E-state index is -0.392. The predicted octanol–water partition coefficient (Wildman–Crippen LogP) is 1.74. The summed E-state index contributed by atoms with van der Waals surface area (Å²) in [6.07, 6.45) is 4.92. The zero-order valence-corrected chi connectivity index (χ0v) is 6.93. The zero-order valence-electron chi connectivity index (χ0n) is 6.17. The number of benzene rings is 1. The third-order valence-corrected chi connectivity index (χ3v) is 1.72. The van der Waals surface area contributed by atoms with Gasteiger partial charge in [0.1, 0.15) is 0 Å². The van der Waals surface area contributed by atoms with Gasteiger partial charge in [-0.3, -0.25) is 4.79 Å². The number of ketones is 1. The number of rotatable bonds is 1. The van der Waals surface area contributed by atoms with E-state index in [1.54, 1.807) is 12.1 Å². The van der Waals surface area contributed by atoms with Gasteiger partial charge in [0.15, 0.2) is 0 Å². The highest BCUT2D eigenvalue weighted by atomic mass is 35.5. The average Bonchev–Trinajstić information content (AvgIpc) is 2.08. The van der Waals surface area contributed by atoms with Crippen molar-refractivity contribution < 1.29 is 4.79 Å². The van der Waals surface area contributed by atoms with Gasteiger partial charge in [-0.15, -0.1) is 6.42 Å². The second-order valence-corrected chi connectivity index (χ2v) is 2.62. The van der Waals surface area contributed by atoms with Crippen molar-refractivity contribution in [2.75, 3.05) is 5.73 Å². The van der Waals surface area contributed by atoms with E-state index in [-0.39, 0.29) is 0 Å². The molecule has 0 radical (unpaired) electrons. The maximum atomic E-state index is 10.9. The van der Waals surface area contributed by atoms with Crippen LogP contribution in [0.4, 0.5) is 5.69 Å². The maximum absolute atomic E-state index is 10.9. The Kier molecular flexibility index (Phi) is 2.37. The SMILES string of the molecule is C#CC(=O)c1ccc(N)c(Cl)c1. The molecule has 0 aliphatic rings. The van der Waals surface area contributed by atoms with Gasteiger partial charge in [0, 0.05) is 5.56 Å². The van der Waals surface area contributed by atoms with Crippen LogP contribution in [0.3, 0.4) is 0 Å². The van der Waals surface area contributed by atoms with E-state index in [1.165, 1.54) is 6.07 Å². The fourth-order valence-electron chi connectivity index (χ4n) is 0.752. The van der Waals surface area contributed by atoms with E-state index in [2.05, 4.69) is 0 Å². The van der Waals surface area contributed by atoms with Gasteiger partial charge < -0.3 is 5.73 Å². The highest BCUT2D eigenvalue weighted by Gasteiger charge is 2.03. The van der Waals surface area contributed by atoms with E-state index in [1.807, 2.05) is 5.92 Å². The summed E-state index contributed by atoms with van der Waals surface area (Å²) in [4.78, 5) is 10.9. The summed E-state index contributed by atoms with van der Waals surface area (Å²) in [5, 5.41) is 0.344. The number of hydrogen-bond donors (Lipinski definition) is 1. The number of nitrogens with two attached hydrogens (primary N) is 1. The molecule has 0 atom stereocenters. The van der Waals surface area contributed by atoms with Crippen molar-refractivity contribution in [3.63, 3.8) is 0 Å². The van der Waals surface area contributed by atoms with Crippen molar-refractivity contribution in [2.24, 2.45) is 0 Å². The summed E-state index contributed by atoms with van der Waals surface area (Å²) >= 11 is 5.67. The summed E-state index contributed by atoms with van der Waals surface area (Å²) < 4.78 is 0. The Morgan fingerprint density at radius 3 is 2.75 bits per heavy atom. The van der Waals surface area contributed by atoms with E-state index < -0.39 is 5.78 Å². The van der Waals surface area contributed by atoms with E-state index in [0.717, 1.165) is 0 Å². The summed E-state index contributed by atoms with van der Waals surface area (Å²) in [6, 6.07) is 4.55. The molecule has 12 heavy (non-hydrogen) atoms. The second-order valence-electron chi connectivity index (χ2n) is 2.21. The van der Waals surface area contributed by atoms with Crippen LogP contribution in [0.1, 0.15) is 10.4 Å². The van der Waals surface area contributed by atoms with Crippen LogP contribution in [0.5, 0.6) is 0 Å². The number of carbonyl (C=O) groups is 1. The first-order valence-corrected chi connectivity index (χ1v) is 3.59. The van der Waals surface area contributed by atoms with Crippen LogP contribution >= 0.6 is 11.6 Å². The Bertz CT molecular complexity index is 365. The van der Waals surface area contributed by atoms with E-state index in [9.17, 15) is 4.79 Å². The van der Waals surface area contributed by atoms with Crippen molar-refractivity contribution in [3.05, 3.63) is 28.8 Å². The summed E-state index contributed by atoms with van der Waals surface area (Å²) in [6.45, 7) is 0. The Balaban J connectivity index is 3.15. The van der Waals surface area contributed by atoms with Crippen molar-refractivity contribution >= 4 is 23.1 Å². The highest BCUT2D eigenvalue weighted by molar-refractivity contribution is 6.33. The Labute approximate surface area is 75.3 Å². The molecular weight excluding hydrogens is 174 g/mol. The van der Waals surface area contributed by atoms with Crippen LogP contribution in [-0.4, -0.2) is 5.78 Å². The van der Waals surface area contributed by atoms with E-state index in [4.69, 9.17) is 23.8 Å². The molecular formula is C9H6ClNO. The molecule has 0 fully saturated rings. The van der Waals surface area contributed by atoms with Crippen LogP contribution in [0.15, 0.2) is 18.2 Å². The van der Waals surface area contributed by atoms with Crippen molar-refractivity contribution in [3.8, 4) is 12.3 Å². The lowest BCUT2D eigenvalue weighted by Crippen LogP contribution is -1.95. The molecule has 0 bridgehead atoms. The minimum Gasteiger partial charge on any atom is -0.398 e. The van der Waals surface area contributed by atoms with Gasteiger partial charge in [0.25, 0.3) is 0 Å². The quantitative estimate of drug-likeness (QED) is 0.309. The third-order valence-electron chi connectivity index (χ3n) is 1.39. The highest BCUT2D eigenvalue weighted by Crippen LogP contribution is 2.19. The lowest BCUT2D eigenvalue weighted by Gasteiger charge is -1.98. The first kappa shape index (κ1) is 8.63. The predicted molar refractivity (Wildman–Crippen MR) is 49.0 cm³/mol. The molecule has 0 unspecified atom stereocenters. The topological polar surface area (TPSA) is 43.1 Å². The normalized spacial score (nSPS) is 9.00. The van der Waals surface area contributed by atoms with Gasteiger partial charge in [-0.1, -0.05) is 11.6 Å². The number of nitrogen functional groups attached to an aromatic ring is 1. The van der Waals surface area contributed by atoms with Gasteiger partial charge in [0.2, 0.25) is 5.78 Å². The smallest absolute Gasteiger partial charge is 0.235 e. The molecule has 0 saturated carbocycles. The number of carbonyl (C=O) groups excluding carboxylic acids is 1.